The molecule has 0 aliphatic rings. The molecule has 2 aromatic heterocycles. The van der Waals surface area contributed by atoms with Gasteiger partial charge in [-0.2, -0.15) is 0 Å². The van der Waals surface area contributed by atoms with Gasteiger partial charge in [0.15, 0.2) is 0 Å². The third kappa shape index (κ3) is 2.41. The molecule has 0 saturated carbocycles. The van der Waals surface area contributed by atoms with Gasteiger partial charge in [0, 0.05) is 11.8 Å². The summed E-state index contributed by atoms with van der Waals surface area (Å²) in [4.78, 5) is 22.8. The van der Waals surface area contributed by atoms with Gasteiger partial charge in [-0.15, -0.1) is 0 Å². The smallest absolute Gasteiger partial charge is 0.253 e. The SMILES string of the molecule is O=C(Cl)c1cccc2cc(Oc3ncnc4[nH]ccc34)ccc12. The van der Waals surface area contributed by atoms with Crippen molar-refractivity contribution < 1.29 is 9.53 Å². The molecule has 0 saturated heterocycles. The van der Waals surface area contributed by atoms with Gasteiger partial charge in [-0.25, -0.2) is 9.97 Å². The molecule has 0 spiro atoms. The summed E-state index contributed by atoms with van der Waals surface area (Å²) in [5.41, 5.74) is 1.19. The molecule has 0 atom stereocenters. The maximum atomic E-state index is 11.5. The number of aromatic nitrogens is 3. The molecular formula is C17H10ClN3O2. The van der Waals surface area contributed by atoms with Crippen LogP contribution in [0.2, 0.25) is 0 Å². The average Bonchev–Trinajstić information content (AvgIpc) is 3.03. The van der Waals surface area contributed by atoms with Crippen molar-refractivity contribution in [3.63, 3.8) is 0 Å². The second kappa shape index (κ2) is 5.37. The molecule has 0 fully saturated rings. The van der Waals surface area contributed by atoms with E-state index in [2.05, 4.69) is 15.0 Å². The van der Waals surface area contributed by atoms with Crippen LogP contribution >= 0.6 is 11.6 Å². The summed E-state index contributed by atoms with van der Waals surface area (Å²) in [6, 6.07) is 12.7. The molecule has 2 aromatic carbocycles. The van der Waals surface area contributed by atoms with Crippen molar-refractivity contribution in [1.82, 2.24) is 15.0 Å². The predicted molar refractivity (Wildman–Crippen MR) is 88.1 cm³/mol. The Morgan fingerprint density at radius 1 is 1.09 bits per heavy atom. The molecule has 1 N–H and O–H groups in total. The van der Waals surface area contributed by atoms with Crippen LogP contribution in [0.25, 0.3) is 21.8 Å². The molecule has 23 heavy (non-hydrogen) atoms. The zero-order valence-electron chi connectivity index (χ0n) is 11.8. The van der Waals surface area contributed by atoms with Crippen LogP contribution < -0.4 is 4.74 Å². The van der Waals surface area contributed by atoms with Crippen molar-refractivity contribution in [3.8, 4) is 11.6 Å². The van der Waals surface area contributed by atoms with E-state index in [4.69, 9.17) is 16.3 Å². The van der Waals surface area contributed by atoms with E-state index in [0.717, 1.165) is 16.2 Å². The number of nitrogens with zero attached hydrogens (tertiary/aromatic N) is 2. The summed E-state index contributed by atoms with van der Waals surface area (Å²) in [6.45, 7) is 0. The lowest BCUT2D eigenvalue weighted by Crippen LogP contribution is -1.92. The minimum Gasteiger partial charge on any atom is -0.438 e. The van der Waals surface area contributed by atoms with Gasteiger partial charge < -0.3 is 9.72 Å². The van der Waals surface area contributed by atoms with E-state index < -0.39 is 5.24 Å². The maximum Gasteiger partial charge on any atom is 0.253 e. The lowest BCUT2D eigenvalue weighted by molar-refractivity contribution is 0.108. The summed E-state index contributed by atoms with van der Waals surface area (Å²) in [5, 5.41) is 1.98. The fraction of sp³-hybridized carbons (Fsp3) is 0. The van der Waals surface area contributed by atoms with E-state index in [1.807, 2.05) is 24.3 Å². The van der Waals surface area contributed by atoms with Crippen LogP contribution in [0.15, 0.2) is 55.0 Å². The fourth-order valence-corrected chi connectivity index (χ4v) is 2.70. The van der Waals surface area contributed by atoms with Gasteiger partial charge in [-0.1, -0.05) is 12.1 Å². The number of hydrogen-bond acceptors (Lipinski definition) is 4. The van der Waals surface area contributed by atoms with Crippen LogP contribution in [0, 0.1) is 0 Å². The van der Waals surface area contributed by atoms with Crippen molar-refractivity contribution in [3.05, 3.63) is 60.6 Å². The Morgan fingerprint density at radius 2 is 2.00 bits per heavy atom. The van der Waals surface area contributed by atoms with Gasteiger partial charge in [0.2, 0.25) is 5.88 Å². The van der Waals surface area contributed by atoms with E-state index in [9.17, 15) is 4.79 Å². The summed E-state index contributed by atoms with van der Waals surface area (Å²) >= 11 is 5.61. The first-order valence-electron chi connectivity index (χ1n) is 6.91. The molecule has 4 rings (SSSR count). The maximum absolute atomic E-state index is 11.5. The van der Waals surface area contributed by atoms with Gasteiger partial charge in [0.25, 0.3) is 5.24 Å². The molecule has 0 aliphatic heterocycles. The monoisotopic (exact) mass is 323 g/mol. The molecule has 2 heterocycles. The van der Waals surface area contributed by atoms with Gasteiger partial charge >= 0.3 is 0 Å². The number of carbonyl (C=O) groups is 1. The van der Waals surface area contributed by atoms with Crippen molar-refractivity contribution in [2.45, 2.75) is 0 Å². The van der Waals surface area contributed by atoms with Crippen molar-refractivity contribution in [1.29, 1.82) is 0 Å². The Labute approximate surface area is 135 Å². The van der Waals surface area contributed by atoms with Gasteiger partial charge in [0.05, 0.1) is 5.39 Å². The minimum absolute atomic E-state index is 0.472. The fourth-order valence-electron chi connectivity index (χ4n) is 2.54. The Bertz CT molecular complexity index is 1040. The first-order valence-corrected chi connectivity index (χ1v) is 7.29. The highest BCUT2D eigenvalue weighted by Crippen LogP contribution is 2.29. The Hall–Kier alpha value is -2.92. The van der Waals surface area contributed by atoms with Crippen LogP contribution in [-0.4, -0.2) is 20.2 Å². The predicted octanol–water partition coefficient (Wildman–Crippen LogP) is 4.28. The number of carbonyl (C=O) groups excluding carboxylic acids is 1. The number of aromatic amines is 1. The zero-order valence-corrected chi connectivity index (χ0v) is 12.5. The van der Waals surface area contributed by atoms with Crippen molar-refractivity contribution in [2.24, 2.45) is 0 Å². The molecule has 0 amide bonds. The molecule has 5 nitrogen and oxygen atoms in total. The normalized spacial score (nSPS) is 11.0. The zero-order chi connectivity index (χ0) is 15.8. The van der Waals surface area contributed by atoms with E-state index >= 15 is 0 Å². The van der Waals surface area contributed by atoms with E-state index in [-0.39, 0.29) is 0 Å². The van der Waals surface area contributed by atoms with Crippen molar-refractivity contribution >= 4 is 38.6 Å². The molecular weight excluding hydrogens is 314 g/mol. The number of H-pyrrole nitrogens is 1. The Kier molecular flexibility index (Phi) is 3.20. The summed E-state index contributed by atoms with van der Waals surface area (Å²) in [7, 11) is 0. The van der Waals surface area contributed by atoms with Crippen LogP contribution in [0.4, 0.5) is 0 Å². The van der Waals surface area contributed by atoms with E-state index in [1.54, 1.807) is 24.4 Å². The number of halogens is 1. The third-order valence-electron chi connectivity index (χ3n) is 3.60. The van der Waals surface area contributed by atoms with E-state index in [0.29, 0.717) is 22.8 Å². The van der Waals surface area contributed by atoms with Crippen molar-refractivity contribution in [2.75, 3.05) is 0 Å². The lowest BCUT2D eigenvalue weighted by Gasteiger charge is -2.08. The summed E-state index contributed by atoms with van der Waals surface area (Å²) in [5.74, 6) is 1.10. The Morgan fingerprint density at radius 3 is 2.87 bits per heavy atom. The first-order chi connectivity index (χ1) is 11.2. The number of fused-ring (bicyclic) bond motifs is 2. The third-order valence-corrected chi connectivity index (χ3v) is 3.80. The number of hydrogen-bond donors (Lipinski definition) is 1. The molecule has 4 aromatic rings. The highest BCUT2D eigenvalue weighted by Gasteiger charge is 2.10. The Balaban J connectivity index is 1.78. The van der Waals surface area contributed by atoms with Gasteiger partial charge in [-0.05, 0) is 52.7 Å². The van der Waals surface area contributed by atoms with E-state index in [1.165, 1.54) is 6.33 Å². The number of rotatable bonds is 3. The molecule has 0 radical (unpaired) electrons. The van der Waals surface area contributed by atoms with Crippen LogP contribution in [0.1, 0.15) is 10.4 Å². The highest BCUT2D eigenvalue weighted by atomic mass is 35.5. The quantitative estimate of drug-likeness (QED) is 0.571. The average molecular weight is 324 g/mol. The van der Waals surface area contributed by atoms with Crippen LogP contribution in [0.5, 0.6) is 11.6 Å². The summed E-state index contributed by atoms with van der Waals surface area (Å²) in [6.07, 6.45) is 3.23. The molecule has 0 unspecified atom stereocenters. The number of nitrogens with one attached hydrogen (secondary N) is 1. The molecule has 0 bridgehead atoms. The second-order valence-electron chi connectivity index (χ2n) is 4.98. The molecule has 0 aliphatic carbocycles. The first kappa shape index (κ1) is 13.7. The summed E-state index contributed by atoms with van der Waals surface area (Å²) < 4.78 is 5.87. The lowest BCUT2D eigenvalue weighted by atomic mass is 10.1. The molecule has 6 heteroatoms. The minimum atomic E-state index is -0.478. The van der Waals surface area contributed by atoms with Crippen LogP contribution in [0.3, 0.4) is 0 Å². The topological polar surface area (TPSA) is 67.9 Å². The highest BCUT2D eigenvalue weighted by molar-refractivity contribution is 6.68. The van der Waals surface area contributed by atoms with Crippen LogP contribution in [-0.2, 0) is 0 Å². The number of benzene rings is 2. The largest absolute Gasteiger partial charge is 0.438 e. The number of ether oxygens (including phenoxy) is 1. The van der Waals surface area contributed by atoms with Gasteiger partial charge in [0.1, 0.15) is 17.7 Å². The second-order valence-corrected chi connectivity index (χ2v) is 5.33. The van der Waals surface area contributed by atoms with Gasteiger partial charge in [-0.3, -0.25) is 4.79 Å². The standard InChI is InChI=1S/C17H10ClN3O2/c18-15(22)13-3-1-2-10-8-11(4-5-12(10)13)23-17-14-6-7-19-16(14)20-9-21-17/h1-9H,(H,19,20,21). The molecule has 112 valence electrons.